The standard InChI is InChI=1S/C17H18BrN3OS/c18-14-4-2-1-3-13(14)7-11-8-21(9-11)17(22)20-16-19-15(10-23-16)12-5-6-12/h1-4,10-12H,5-9H2,(H,19,20,22). The van der Waals surface area contributed by atoms with Crippen LogP contribution >= 0.6 is 27.3 Å². The molecular formula is C17H18BrN3OS. The second kappa shape index (κ2) is 6.24. The predicted molar refractivity (Wildman–Crippen MR) is 96.0 cm³/mol. The van der Waals surface area contributed by atoms with Gasteiger partial charge >= 0.3 is 6.03 Å². The van der Waals surface area contributed by atoms with E-state index in [9.17, 15) is 4.79 Å². The molecule has 1 aromatic carbocycles. The number of carbonyl (C=O) groups excluding carboxylic acids is 1. The van der Waals surface area contributed by atoms with Gasteiger partial charge in [-0.25, -0.2) is 9.78 Å². The SMILES string of the molecule is O=C(Nc1nc(C2CC2)cs1)N1CC(Cc2ccccc2Br)C1. The number of nitrogens with zero attached hydrogens (tertiary/aromatic N) is 2. The first-order valence-electron chi connectivity index (χ1n) is 7.94. The normalized spacial score (nSPS) is 17.9. The van der Waals surface area contributed by atoms with Crippen molar-refractivity contribution < 1.29 is 4.79 Å². The van der Waals surface area contributed by atoms with Crippen LogP contribution < -0.4 is 5.32 Å². The van der Waals surface area contributed by atoms with Crippen molar-refractivity contribution in [3.05, 3.63) is 45.4 Å². The van der Waals surface area contributed by atoms with Gasteiger partial charge in [0.25, 0.3) is 0 Å². The van der Waals surface area contributed by atoms with Gasteiger partial charge < -0.3 is 4.90 Å². The smallest absolute Gasteiger partial charge is 0.323 e. The minimum Gasteiger partial charge on any atom is -0.324 e. The molecule has 2 aliphatic rings. The fourth-order valence-corrected chi connectivity index (χ4v) is 4.15. The number of rotatable bonds is 4. The molecule has 0 unspecified atom stereocenters. The zero-order valence-electron chi connectivity index (χ0n) is 12.7. The lowest BCUT2D eigenvalue weighted by Gasteiger charge is -2.39. The first-order chi connectivity index (χ1) is 11.2. The third-order valence-electron chi connectivity index (χ3n) is 4.44. The predicted octanol–water partition coefficient (Wildman–Crippen LogP) is 4.49. The Kier molecular flexibility index (Phi) is 4.11. The monoisotopic (exact) mass is 391 g/mol. The molecule has 0 spiro atoms. The van der Waals surface area contributed by atoms with Crippen LogP contribution in [-0.2, 0) is 6.42 Å². The molecule has 4 nitrogen and oxygen atoms in total. The Morgan fingerprint density at radius 3 is 2.87 bits per heavy atom. The number of urea groups is 1. The van der Waals surface area contributed by atoms with Crippen molar-refractivity contribution in [3.8, 4) is 0 Å². The Bertz CT molecular complexity index is 722. The van der Waals surface area contributed by atoms with E-state index in [2.05, 4.69) is 49.8 Å². The second-order valence-electron chi connectivity index (χ2n) is 6.35. The third-order valence-corrected chi connectivity index (χ3v) is 5.99. The van der Waals surface area contributed by atoms with Crippen LogP contribution in [0.5, 0.6) is 0 Å². The quantitative estimate of drug-likeness (QED) is 0.834. The van der Waals surface area contributed by atoms with Crippen LogP contribution in [0.1, 0.15) is 30.0 Å². The number of carbonyl (C=O) groups is 1. The third kappa shape index (κ3) is 3.43. The van der Waals surface area contributed by atoms with Gasteiger partial charge in [0, 0.05) is 28.9 Å². The van der Waals surface area contributed by atoms with Crippen LogP contribution in [0.25, 0.3) is 0 Å². The summed E-state index contributed by atoms with van der Waals surface area (Å²) in [7, 11) is 0. The van der Waals surface area contributed by atoms with Gasteiger partial charge in [-0.3, -0.25) is 5.32 Å². The number of nitrogens with one attached hydrogen (secondary N) is 1. The number of amides is 2. The largest absolute Gasteiger partial charge is 0.324 e. The lowest BCUT2D eigenvalue weighted by atomic mass is 9.92. The first kappa shape index (κ1) is 15.1. The number of anilines is 1. The van der Waals surface area contributed by atoms with E-state index < -0.39 is 0 Å². The van der Waals surface area contributed by atoms with Gasteiger partial charge in [-0.15, -0.1) is 11.3 Å². The number of likely N-dealkylation sites (tertiary alicyclic amines) is 1. The zero-order valence-corrected chi connectivity index (χ0v) is 15.1. The number of aromatic nitrogens is 1. The summed E-state index contributed by atoms with van der Waals surface area (Å²) in [5, 5.41) is 5.72. The molecule has 0 bridgehead atoms. The maximum atomic E-state index is 12.2. The fourth-order valence-electron chi connectivity index (χ4n) is 2.92. The molecule has 23 heavy (non-hydrogen) atoms. The Hall–Kier alpha value is -1.40. The van der Waals surface area contributed by atoms with Gasteiger partial charge in [0.1, 0.15) is 0 Å². The van der Waals surface area contributed by atoms with Crippen LogP contribution in [0.15, 0.2) is 34.1 Å². The summed E-state index contributed by atoms with van der Waals surface area (Å²) in [5.41, 5.74) is 2.45. The molecule has 1 saturated heterocycles. The Morgan fingerprint density at radius 1 is 1.35 bits per heavy atom. The van der Waals surface area contributed by atoms with Crippen LogP contribution in [0, 0.1) is 5.92 Å². The number of hydrogen-bond acceptors (Lipinski definition) is 3. The lowest BCUT2D eigenvalue weighted by Crippen LogP contribution is -2.52. The van der Waals surface area contributed by atoms with E-state index in [0.717, 1.165) is 34.8 Å². The van der Waals surface area contributed by atoms with Gasteiger partial charge in [0.2, 0.25) is 0 Å². The molecule has 120 valence electrons. The highest BCUT2D eigenvalue weighted by Crippen LogP contribution is 2.41. The molecule has 2 aromatic rings. The summed E-state index contributed by atoms with van der Waals surface area (Å²) in [5.74, 6) is 1.17. The number of thiazole rings is 1. The molecule has 0 radical (unpaired) electrons. The average Bonchev–Trinajstić information content (AvgIpc) is 3.24. The molecule has 2 amide bonds. The number of hydrogen-bond donors (Lipinski definition) is 1. The topological polar surface area (TPSA) is 45.2 Å². The average molecular weight is 392 g/mol. The van der Waals surface area contributed by atoms with E-state index in [1.807, 2.05) is 11.0 Å². The van der Waals surface area contributed by atoms with Crippen molar-refractivity contribution in [2.45, 2.75) is 25.2 Å². The van der Waals surface area contributed by atoms with Gasteiger partial charge in [0.15, 0.2) is 5.13 Å². The van der Waals surface area contributed by atoms with E-state index >= 15 is 0 Å². The van der Waals surface area contributed by atoms with Crippen molar-refractivity contribution >= 4 is 38.4 Å². The lowest BCUT2D eigenvalue weighted by molar-refractivity contribution is 0.131. The maximum Gasteiger partial charge on any atom is 0.323 e. The Balaban J connectivity index is 1.27. The van der Waals surface area contributed by atoms with Crippen LogP contribution in [0.4, 0.5) is 9.93 Å². The van der Waals surface area contributed by atoms with E-state index in [0.29, 0.717) is 11.8 Å². The first-order valence-corrected chi connectivity index (χ1v) is 9.61. The number of halogens is 1. The van der Waals surface area contributed by atoms with Crippen LogP contribution in [0.3, 0.4) is 0 Å². The van der Waals surface area contributed by atoms with Crippen molar-refractivity contribution in [3.63, 3.8) is 0 Å². The molecule has 0 atom stereocenters. The van der Waals surface area contributed by atoms with E-state index in [1.54, 1.807) is 0 Å². The van der Waals surface area contributed by atoms with Crippen LogP contribution in [0.2, 0.25) is 0 Å². The highest BCUT2D eigenvalue weighted by atomic mass is 79.9. The summed E-state index contributed by atoms with van der Waals surface area (Å²) in [4.78, 5) is 18.6. The molecule has 1 aliphatic heterocycles. The van der Waals surface area contributed by atoms with Gasteiger partial charge in [0.05, 0.1) is 5.69 Å². The van der Waals surface area contributed by atoms with Crippen molar-refractivity contribution in [1.82, 2.24) is 9.88 Å². The molecule has 6 heteroatoms. The second-order valence-corrected chi connectivity index (χ2v) is 8.06. The van der Waals surface area contributed by atoms with E-state index in [1.165, 1.54) is 29.7 Å². The molecule has 1 aromatic heterocycles. The maximum absolute atomic E-state index is 12.2. The summed E-state index contributed by atoms with van der Waals surface area (Å²) >= 11 is 5.11. The Morgan fingerprint density at radius 2 is 2.13 bits per heavy atom. The molecule has 2 fully saturated rings. The summed E-state index contributed by atoms with van der Waals surface area (Å²) in [6, 6.07) is 8.27. The molecule has 1 aliphatic carbocycles. The highest BCUT2D eigenvalue weighted by molar-refractivity contribution is 9.10. The van der Waals surface area contributed by atoms with Gasteiger partial charge in [-0.05, 0) is 36.8 Å². The minimum absolute atomic E-state index is 0.0231. The molecule has 4 rings (SSSR count). The summed E-state index contributed by atoms with van der Waals surface area (Å²) < 4.78 is 1.15. The van der Waals surface area contributed by atoms with Crippen molar-refractivity contribution in [2.75, 3.05) is 18.4 Å². The molecule has 2 heterocycles. The minimum atomic E-state index is -0.0231. The van der Waals surface area contributed by atoms with Crippen molar-refractivity contribution in [1.29, 1.82) is 0 Å². The van der Waals surface area contributed by atoms with E-state index in [4.69, 9.17) is 0 Å². The highest BCUT2D eigenvalue weighted by Gasteiger charge is 2.32. The molecule has 1 saturated carbocycles. The molecular weight excluding hydrogens is 374 g/mol. The fraction of sp³-hybridized carbons (Fsp3) is 0.412. The Labute approximate surface area is 148 Å². The summed E-state index contributed by atoms with van der Waals surface area (Å²) in [6.45, 7) is 1.63. The zero-order chi connectivity index (χ0) is 15.8. The van der Waals surface area contributed by atoms with Crippen LogP contribution in [-0.4, -0.2) is 29.0 Å². The van der Waals surface area contributed by atoms with Gasteiger partial charge in [-0.1, -0.05) is 34.1 Å². The van der Waals surface area contributed by atoms with E-state index in [-0.39, 0.29) is 6.03 Å². The summed E-state index contributed by atoms with van der Waals surface area (Å²) in [6.07, 6.45) is 3.48. The number of benzene rings is 1. The molecule has 1 N–H and O–H groups in total. The van der Waals surface area contributed by atoms with Crippen molar-refractivity contribution in [2.24, 2.45) is 5.92 Å². The van der Waals surface area contributed by atoms with Gasteiger partial charge in [-0.2, -0.15) is 0 Å².